The van der Waals surface area contributed by atoms with Crippen LogP contribution in [0.3, 0.4) is 0 Å². The fourth-order valence-corrected chi connectivity index (χ4v) is 3.12. The van der Waals surface area contributed by atoms with Crippen molar-refractivity contribution in [3.63, 3.8) is 0 Å². The Kier molecular flexibility index (Phi) is 4.87. The lowest BCUT2D eigenvalue weighted by Gasteiger charge is -2.29. The van der Waals surface area contributed by atoms with Gasteiger partial charge in [-0.2, -0.15) is 0 Å². The molecule has 0 spiro atoms. The van der Waals surface area contributed by atoms with Gasteiger partial charge in [0.1, 0.15) is 5.82 Å². The zero-order chi connectivity index (χ0) is 13.6. The summed E-state index contributed by atoms with van der Waals surface area (Å²) in [7, 11) is 0. The van der Waals surface area contributed by atoms with Gasteiger partial charge in [0.15, 0.2) is 0 Å². The van der Waals surface area contributed by atoms with Crippen LogP contribution in [0.5, 0.6) is 0 Å². The van der Waals surface area contributed by atoms with Crippen molar-refractivity contribution in [1.82, 2.24) is 10.3 Å². The van der Waals surface area contributed by atoms with E-state index in [9.17, 15) is 0 Å². The van der Waals surface area contributed by atoms with Crippen molar-refractivity contribution >= 4 is 5.82 Å². The highest BCUT2D eigenvalue weighted by Crippen LogP contribution is 2.24. The molecule has 1 atom stereocenters. The zero-order valence-corrected chi connectivity index (χ0v) is 12.2. The standard InChI is InChI=1S/C16H25N3O/c1(2-12-20-15-7-9-17-13-15)10-19-11-4-6-14-5-3-8-18-16(14)19/h3,5,8,15,17H,1-2,4,6-7,9-13H2/t15-/m1/s1. The molecule has 4 nitrogen and oxygen atoms in total. The summed E-state index contributed by atoms with van der Waals surface area (Å²) < 4.78 is 5.87. The van der Waals surface area contributed by atoms with Crippen LogP contribution in [-0.4, -0.2) is 43.9 Å². The number of ether oxygens (including phenoxy) is 1. The van der Waals surface area contributed by atoms with Crippen molar-refractivity contribution in [2.45, 2.75) is 38.2 Å². The van der Waals surface area contributed by atoms with E-state index < -0.39 is 0 Å². The first-order valence-electron chi connectivity index (χ1n) is 7.94. The van der Waals surface area contributed by atoms with Gasteiger partial charge in [-0.25, -0.2) is 4.98 Å². The van der Waals surface area contributed by atoms with Gasteiger partial charge in [-0.05, 0) is 50.3 Å². The molecule has 2 aliphatic rings. The average Bonchev–Trinajstić information content (AvgIpc) is 3.00. The molecular weight excluding hydrogens is 250 g/mol. The first-order chi connectivity index (χ1) is 9.93. The number of anilines is 1. The molecule has 1 aromatic heterocycles. The van der Waals surface area contributed by atoms with E-state index in [1.807, 2.05) is 12.3 Å². The van der Waals surface area contributed by atoms with Gasteiger partial charge in [0.05, 0.1) is 6.10 Å². The Morgan fingerprint density at radius 1 is 1.40 bits per heavy atom. The molecule has 3 rings (SSSR count). The fraction of sp³-hybridized carbons (Fsp3) is 0.688. The minimum atomic E-state index is 0.451. The van der Waals surface area contributed by atoms with Gasteiger partial charge in [-0.15, -0.1) is 0 Å². The van der Waals surface area contributed by atoms with Gasteiger partial charge in [-0.3, -0.25) is 0 Å². The summed E-state index contributed by atoms with van der Waals surface area (Å²) in [6.45, 7) is 5.30. The number of unbranched alkanes of at least 4 members (excludes halogenated alkanes) is 1. The molecule has 0 aliphatic carbocycles. The van der Waals surface area contributed by atoms with Crippen LogP contribution in [0, 0.1) is 0 Å². The van der Waals surface area contributed by atoms with E-state index in [-0.39, 0.29) is 0 Å². The molecule has 0 amide bonds. The summed E-state index contributed by atoms with van der Waals surface area (Å²) in [6, 6.07) is 4.26. The Hall–Kier alpha value is -1.13. The molecule has 0 radical (unpaired) electrons. The first kappa shape index (κ1) is 13.8. The van der Waals surface area contributed by atoms with Crippen LogP contribution < -0.4 is 10.2 Å². The number of aryl methyl sites for hydroxylation is 1. The number of nitrogens with one attached hydrogen (secondary N) is 1. The predicted molar refractivity (Wildman–Crippen MR) is 81.2 cm³/mol. The highest BCUT2D eigenvalue weighted by molar-refractivity contribution is 5.48. The van der Waals surface area contributed by atoms with E-state index in [1.165, 1.54) is 37.1 Å². The summed E-state index contributed by atoms with van der Waals surface area (Å²) in [5.74, 6) is 1.21. The monoisotopic (exact) mass is 275 g/mol. The molecule has 3 heterocycles. The van der Waals surface area contributed by atoms with Crippen molar-refractivity contribution in [3.8, 4) is 0 Å². The third-order valence-corrected chi connectivity index (χ3v) is 4.23. The van der Waals surface area contributed by atoms with E-state index in [0.29, 0.717) is 6.10 Å². The lowest BCUT2D eigenvalue weighted by molar-refractivity contribution is 0.0647. The van der Waals surface area contributed by atoms with Crippen LogP contribution in [0.15, 0.2) is 18.3 Å². The molecule has 4 heteroatoms. The Balaban J connectivity index is 1.38. The topological polar surface area (TPSA) is 37.4 Å². The van der Waals surface area contributed by atoms with E-state index in [1.54, 1.807) is 0 Å². The maximum atomic E-state index is 5.87. The second-order valence-electron chi connectivity index (χ2n) is 5.77. The number of nitrogens with zero attached hydrogens (tertiary/aromatic N) is 2. The second kappa shape index (κ2) is 7.04. The number of pyridine rings is 1. The molecule has 2 aliphatic heterocycles. The van der Waals surface area contributed by atoms with E-state index in [4.69, 9.17) is 4.74 Å². The highest BCUT2D eigenvalue weighted by Gasteiger charge is 2.17. The number of hydrogen-bond acceptors (Lipinski definition) is 4. The third kappa shape index (κ3) is 3.49. The maximum Gasteiger partial charge on any atom is 0.131 e. The Morgan fingerprint density at radius 3 is 3.30 bits per heavy atom. The van der Waals surface area contributed by atoms with Crippen molar-refractivity contribution in [2.24, 2.45) is 0 Å². The minimum Gasteiger partial charge on any atom is -0.377 e. The smallest absolute Gasteiger partial charge is 0.131 e. The van der Waals surface area contributed by atoms with E-state index in [0.717, 1.165) is 39.2 Å². The van der Waals surface area contributed by atoms with Crippen LogP contribution in [0.4, 0.5) is 5.82 Å². The molecular formula is C16H25N3O. The van der Waals surface area contributed by atoms with Crippen molar-refractivity contribution in [2.75, 3.05) is 37.7 Å². The molecule has 110 valence electrons. The lowest BCUT2D eigenvalue weighted by atomic mass is 10.1. The van der Waals surface area contributed by atoms with Crippen LogP contribution in [0.25, 0.3) is 0 Å². The van der Waals surface area contributed by atoms with E-state index in [2.05, 4.69) is 21.3 Å². The van der Waals surface area contributed by atoms with Crippen LogP contribution in [0.1, 0.15) is 31.2 Å². The summed E-state index contributed by atoms with van der Waals surface area (Å²) in [6.07, 6.45) is 8.30. The lowest BCUT2D eigenvalue weighted by Crippen LogP contribution is -2.31. The minimum absolute atomic E-state index is 0.451. The Labute approximate surface area is 121 Å². The highest BCUT2D eigenvalue weighted by atomic mass is 16.5. The summed E-state index contributed by atoms with van der Waals surface area (Å²) in [4.78, 5) is 6.99. The van der Waals surface area contributed by atoms with Gasteiger partial charge < -0.3 is 15.0 Å². The number of rotatable bonds is 6. The van der Waals surface area contributed by atoms with Crippen molar-refractivity contribution in [1.29, 1.82) is 0 Å². The number of fused-ring (bicyclic) bond motifs is 1. The summed E-state index contributed by atoms with van der Waals surface area (Å²) in [5.41, 5.74) is 1.41. The second-order valence-corrected chi connectivity index (χ2v) is 5.77. The molecule has 1 N–H and O–H groups in total. The van der Waals surface area contributed by atoms with Crippen LogP contribution in [0.2, 0.25) is 0 Å². The quantitative estimate of drug-likeness (QED) is 0.806. The molecule has 0 aromatic carbocycles. The normalized spacial score (nSPS) is 22.0. The van der Waals surface area contributed by atoms with E-state index >= 15 is 0 Å². The van der Waals surface area contributed by atoms with Crippen LogP contribution >= 0.6 is 0 Å². The largest absolute Gasteiger partial charge is 0.377 e. The molecule has 0 bridgehead atoms. The molecule has 1 saturated heterocycles. The van der Waals surface area contributed by atoms with Gasteiger partial charge >= 0.3 is 0 Å². The SMILES string of the molecule is c1cnc2c(c1)CCCN2CCCCO[C@@H]1CCNC1. The zero-order valence-electron chi connectivity index (χ0n) is 12.2. The molecule has 0 unspecified atom stereocenters. The van der Waals surface area contributed by atoms with Crippen molar-refractivity contribution in [3.05, 3.63) is 23.9 Å². The third-order valence-electron chi connectivity index (χ3n) is 4.23. The molecule has 20 heavy (non-hydrogen) atoms. The molecule has 1 fully saturated rings. The average molecular weight is 275 g/mol. The van der Waals surface area contributed by atoms with Gasteiger partial charge in [-0.1, -0.05) is 6.07 Å². The van der Waals surface area contributed by atoms with Gasteiger partial charge in [0, 0.05) is 32.4 Å². The van der Waals surface area contributed by atoms with Gasteiger partial charge in [0.2, 0.25) is 0 Å². The fourth-order valence-electron chi connectivity index (χ4n) is 3.12. The Bertz CT molecular complexity index is 418. The summed E-state index contributed by atoms with van der Waals surface area (Å²) >= 11 is 0. The summed E-state index contributed by atoms with van der Waals surface area (Å²) in [5, 5.41) is 3.33. The van der Waals surface area contributed by atoms with Crippen LogP contribution in [-0.2, 0) is 11.2 Å². The maximum absolute atomic E-state index is 5.87. The number of hydrogen-bond donors (Lipinski definition) is 1. The molecule has 1 aromatic rings. The Morgan fingerprint density at radius 2 is 2.40 bits per heavy atom. The first-order valence-corrected chi connectivity index (χ1v) is 7.94. The number of aromatic nitrogens is 1. The van der Waals surface area contributed by atoms with Crippen molar-refractivity contribution < 1.29 is 4.74 Å². The van der Waals surface area contributed by atoms with Gasteiger partial charge in [0.25, 0.3) is 0 Å². The molecule has 0 saturated carbocycles. The predicted octanol–water partition coefficient (Wildman–Crippen LogP) is 1.99.